The molecule has 0 fully saturated rings. The molecule has 0 aliphatic rings. The van der Waals surface area contributed by atoms with E-state index in [2.05, 4.69) is 43.4 Å². The molecule has 2 nitrogen and oxygen atoms in total. The Balaban J connectivity index is 2.43. The molecule has 0 aliphatic carbocycles. The molecular formula is C13H21NO. The zero-order chi connectivity index (χ0) is 11.1. The molecule has 0 saturated carbocycles. The quantitative estimate of drug-likeness (QED) is 0.751. The molecule has 0 amide bonds. The Labute approximate surface area is 92.3 Å². The minimum atomic E-state index is 0.260. The number of rotatable bonds is 6. The fraction of sp³-hybridized carbons (Fsp3) is 0.538. The highest BCUT2D eigenvalue weighted by molar-refractivity contribution is 5.44. The Morgan fingerprint density at radius 2 is 1.87 bits per heavy atom. The van der Waals surface area contributed by atoms with Gasteiger partial charge in [0.05, 0.1) is 0 Å². The van der Waals surface area contributed by atoms with Crippen LogP contribution in [0.2, 0.25) is 0 Å². The predicted octanol–water partition coefficient (Wildman–Crippen LogP) is 2.68. The summed E-state index contributed by atoms with van der Waals surface area (Å²) in [7, 11) is 0. The van der Waals surface area contributed by atoms with E-state index in [4.69, 9.17) is 5.11 Å². The third kappa shape index (κ3) is 3.92. The van der Waals surface area contributed by atoms with Gasteiger partial charge >= 0.3 is 0 Å². The van der Waals surface area contributed by atoms with Crippen molar-refractivity contribution in [3.63, 3.8) is 0 Å². The van der Waals surface area contributed by atoms with Crippen molar-refractivity contribution in [1.29, 1.82) is 0 Å². The van der Waals surface area contributed by atoms with E-state index >= 15 is 0 Å². The van der Waals surface area contributed by atoms with Gasteiger partial charge in [-0.15, -0.1) is 0 Å². The first-order valence-electron chi connectivity index (χ1n) is 5.73. The lowest BCUT2D eigenvalue weighted by atomic mass is 10.1. The minimum absolute atomic E-state index is 0.260. The van der Waals surface area contributed by atoms with Gasteiger partial charge in [-0.25, -0.2) is 0 Å². The number of benzene rings is 1. The van der Waals surface area contributed by atoms with Crippen LogP contribution in [0, 0.1) is 5.92 Å². The van der Waals surface area contributed by atoms with Crippen LogP contribution in [0.3, 0.4) is 0 Å². The van der Waals surface area contributed by atoms with Crippen LogP contribution in [0.25, 0.3) is 0 Å². The van der Waals surface area contributed by atoms with Gasteiger partial charge in [-0.2, -0.15) is 0 Å². The van der Waals surface area contributed by atoms with Gasteiger partial charge < -0.3 is 10.4 Å². The van der Waals surface area contributed by atoms with Crippen LogP contribution >= 0.6 is 0 Å². The van der Waals surface area contributed by atoms with E-state index < -0.39 is 0 Å². The summed E-state index contributed by atoms with van der Waals surface area (Å²) in [5.41, 5.74) is 2.49. The van der Waals surface area contributed by atoms with E-state index in [0.29, 0.717) is 5.92 Å². The zero-order valence-electron chi connectivity index (χ0n) is 9.66. The van der Waals surface area contributed by atoms with Gasteiger partial charge in [0.25, 0.3) is 0 Å². The van der Waals surface area contributed by atoms with E-state index in [1.54, 1.807) is 0 Å². The Morgan fingerprint density at radius 1 is 1.20 bits per heavy atom. The lowest BCUT2D eigenvalue weighted by molar-refractivity contribution is 0.230. The Bertz CT molecular complexity index is 264. The molecule has 1 aromatic rings. The molecule has 1 atom stereocenters. The van der Waals surface area contributed by atoms with E-state index in [-0.39, 0.29) is 6.61 Å². The molecule has 15 heavy (non-hydrogen) atoms. The third-order valence-electron chi connectivity index (χ3n) is 2.79. The van der Waals surface area contributed by atoms with Crippen molar-refractivity contribution in [3.05, 3.63) is 29.8 Å². The summed E-state index contributed by atoms with van der Waals surface area (Å²) in [6.07, 6.45) is 2.09. The van der Waals surface area contributed by atoms with Gasteiger partial charge in [0.15, 0.2) is 0 Å². The van der Waals surface area contributed by atoms with Crippen LogP contribution in [-0.2, 0) is 6.42 Å². The lowest BCUT2D eigenvalue weighted by Crippen LogP contribution is -2.16. The fourth-order valence-corrected chi connectivity index (χ4v) is 1.46. The maximum Gasteiger partial charge on any atom is 0.0475 e. The number of aliphatic hydroxyl groups is 1. The Morgan fingerprint density at radius 3 is 2.33 bits per heavy atom. The topological polar surface area (TPSA) is 32.3 Å². The normalized spacial score (nSPS) is 12.5. The number of aliphatic hydroxyl groups excluding tert-OH is 1. The highest BCUT2D eigenvalue weighted by Gasteiger charge is 2.03. The molecule has 2 N–H and O–H groups in total. The summed E-state index contributed by atoms with van der Waals surface area (Å²) < 4.78 is 0. The molecule has 1 aromatic carbocycles. The molecule has 84 valence electrons. The number of anilines is 1. The third-order valence-corrected chi connectivity index (χ3v) is 2.79. The van der Waals surface area contributed by atoms with Crippen molar-refractivity contribution in [2.75, 3.05) is 18.5 Å². The molecule has 0 bridgehead atoms. The molecule has 0 spiro atoms. The van der Waals surface area contributed by atoms with E-state index in [1.807, 2.05) is 0 Å². The average Bonchev–Trinajstić information content (AvgIpc) is 2.31. The van der Waals surface area contributed by atoms with E-state index in [0.717, 1.165) is 25.1 Å². The fourth-order valence-electron chi connectivity index (χ4n) is 1.46. The number of hydrogen-bond acceptors (Lipinski definition) is 2. The molecular weight excluding hydrogens is 186 g/mol. The zero-order valence-corrected chi connectivity index (χ0v) is 9.66. The van der Waals surface area contributed by atoms with Gasteiger partial charge in [-0.3, -0.25) is 0 Å². The van der Waals surface area contributed by atoms with Crippen molar-refractivity contribution in [2.24, 2.45) is 5.92 Å². The monoisotopic (exact) mass is 207 g/mol. The van der Waals surface area contributed by atoms with Crippen LogP contribution in [0.15, 0.2) is 24.3 Å². The van der Waals surface area contributed by atoms with E-state index in [9.17, 15) is 0 Å². The second-order valence-corrected chi connectivity index (χ2v) is 3.89. The lowest BCUT2D eigenvalue weighted by Gasteiger charge is -2.13. The highest BCUT2D eigenvalue weighted by atomic mass is 16.3. The van der Waals surface area contributed by atoms with Gasteiger partial charge in [0, 0.05) is 18.8 Å². The van der Waals surface area contributed by atoms with E-state index in [1.165, 1.54) is 5.56 Å². The van der Waals surface area contributed by atoms with Gasteiger partial charge in [-0.1, -0.05) is 26.0 Å². The first kappa shape index (κ1) is 12.1. The number of aryl methyl sites for hydroxylation is 1. The first-order valence-corrected chi connectivity index (χ1v) is 5.73. The molecule has 0 aromatic heterocycles. The highest BCUT2D eigenvalue weighted by Crippen LogP contribution is 2.11. The van der Waals surface area contributed by atoms with Crippen LogP contribution in [0.5, 0.6) is 0 Å². The molecule has 1 rings (SSSR count). The molecule has 1 unspecified atom stereocenters. The molecule has 0 radical (unpaired) electrons. The largest absolute Gasteiger partial charge is 0.396 e. The average molecular weight is 207 g/mol. The van der Waals surface area contributed by atoms with Crippen molar-refractivity contribution >= 4 is 5.69 Å². The predicted molar refractivity (Wildman–Crippen MR) is 65.2 cm³/mol. The molecule has 0 saturated heterocycles. The summed E-state index contributed by atoms with van der Waals surface area (Å²) in [6, 6.07) is 8.48. The minimum Gasteiger partial charge on any atom is -0.396 e. The second kappa shape index (κ2) is 6.46. The molecule has 0 aliphatic heterocycles. The molecule has 2 heteroatoms. The van der Waals surface area contributed by atoms with Crippen LogP contribution in [0.1, 0.15) is 25.8 Å². The van der Waals surface area contributed by atoms with Crippen molar-refractivity contribution in [2.45, 2.75) is 26.7 Å². The standard InChI is InChI=1S/C13H21NO/c1-3-11-5-7-13(8-6-11)14-9-12(4-2)10-15/h5-8,12,14-15H,3-4,9-10H2,1-2H3. The summed E-state index contributed by atoms with van der Waals surface area (Å²) in [4.78, 5) is 0. The SMILES string of the molecule is CCc1ccc(NCC(CC)CO)cc1. The van der Waals surface area contributed by atoms with Crippen LogP contribution in [0.4, 0.5) is 5.69 Å². The number of hydrogen-bond donors (Lipinski definition) is 2. The van der Waals surface area contributed by atoms with Crippen molar-refractivity contribution in [1.82, 2.24) is 0 Å². The summed E-state index contributed by atoms with van der Waals surface area (Å²) in [5, 5.41) is 12.4. The summed E-state index contributed by atoms with van der Waals surface area (Å²) >= 11 is 0. The maximum atomic E-state index is 9.05. The van der Waals surface area contributed by atoms with Gasteiger partial charge in [0.1, 0.15) is 0 Å². The Kier molecular flexibility index (Phi) is 5.19. The first-order chi connectivity index (χ1) is 7.30. The molecule has 0 heterocycles. The van der Waals surface area contributed by atoms with Gasteiger partial charge in [-0.05, 0) is 36.5 Å². The van der Waals surface area contributed by atoms with Crippen LogP contribution < -0.4 is 5.32 Å². The van der Waals surface area contributed by atoms with Crippen molar-refractivity contribution < 1.29 is 5.11 Å². The summed E-state index contributed by atoms with van der Waals surface area (Å²) in [5.74, 6) is 0.357. The summed E-state index contributed by atoms with van der Waals surface area (Å²) in [6.45, 7) is 5.36. The smallest absolute Gasteiger partial charge is 0.0475 e. The number of nitrogens with one attached hydrogen (secondary N) is 1. The van der Waals surface area contributed by atoms with Crippen molar-refractivity contribution in [3.8, 4) is 0 Å². The second-order valence-electron chi connectivity index (χ2n) is 3.89. The Hall–Kier alpha value is -1.02. The van der Waals surface area contributed by atoms with Gasteiger partial charge in [0.2, 0.25) is 0 Å². The maximum absolute atomic E-state index is 9.05. The van der Waals surface area contributed by atoms with Crippen LogP contribution in [-0.4, -0.2) is 18.3 Å².